The van der Waals surface area contributed by atoms with Gasteiger partial charge in [-0.2, -0.15) is 0 Å². The molecule has 0 heterocycles. The van der Waals surface area contributed by atoms with E-state index >= 15 is 0 Å². The molecule has 0 spiro atoms. The quantitative estimate of drug-likeness (QED) is 0.0663. The van der Waals surface area contributed by atoms with Crippen molar-refractivity contribution in [1.29, 1.82) is 0 Å². The topological polar surface area (TPSA) is 72.8 Å². The maximum Gasteiger partial charge on any atom is 0.305 e. The van der Waals surface area contributed by atoms with Crippen LogP contribution in [0, 0.1) is 0 Å². The van der Waals surface area contributed by atoms with Crippen LogP contribution in [0.3, 0.4) is 0 Å². The van der Waals surface area contributed by atoms with Crippen LogP contribution in [-0.2, 0) is 19.1 Å². The van der Waals surface area contributed by atoms with Crippen molar-refractivity contribution in [2.45, 2.75) is 161 Å². The van der Waals surface area contributed by atoms with E-state index in [1.165, 1.54) is 51.4 Å². The number of ether oxygens (including phenoxy) is 2. The Labute approximate surface area is 297 Å². The van der Waals surface area contributed by atoms with E-state index in [9.17, 15) is 14.7 Å². The maximum atomic E-state index is 11.9. The van der Waals surface area contributed by atoms with Crippen LogP contribution in [0.2, 0.25) is 0 Å². The van der Waals surface area contributed by atoms with Gasteiger partial charge in [0.25, 0.3) is 0 Å². The Bertz CT molecular complexity index is 639. The van der Waals surface area contributed by atoms with Crippen LogP contribution in [0.15, 0.2) is 0 Å². The van der Waals surface area contributed by atoms with Crippen molar-refractivity contribution in [3.8, 4) is 0 Å². The predicted octanol–water partition coefficient (Wildman–Crippen LogP) is 2.22. The molecule has 0 rings (SSSR count). The summed E-state index contributed by atoms with van der Waals surface area (Å²) in [7, 11) is 8.86. The minimum atomic E-state index is -0.322. The number of esters is 2. The summed E-state index contributed by atoms with van der Waals surface area (Å²) in [5.74, 6) is -0.0736. The lowest BCUT2D eigenvalue weighted by molar-refractivity contribution is -0.914. The number of unbranched alkanes of at least 4 members (excludes halogenated alkanes) is 16. The zero-order valence-corrected chi connectivity index (χ0v) is 32.6. The van der Waals surface area contributed by atoms with E-state index in [2.05, 4.69) is 42.0 Å². The van der Waals surface area contributed by atoms with Gasteiger partial charge in [-0.3, -0.25) is 9.59 Å². The maximum absolute atomic E-state index is 11.9. The number of quaternary nitrogens is 2. The molecule has 46 heavy (non-hydrogen) atoms. The largest absolute Gasteiger partial charge is 1.00 e. The average molecular weight is 700 g/mol. The summed E-state index contributed by atoms with van der Waals surface area (Å²) in [4.78, 5) is 23.8. The van der Waals surface area contributed by atoms with Gasteiger partial charge in [0.15, 0.2) is 6.10 Å². The number of nitrogens with zero attached hydrogens (tertiary/aromatic N) is 2. The molecule has 0 aromatic heterocycles. The van der Waals surface area contributed by atoms with Crippen LogP contribution < -0.4 is 24.8 Å². The van der Waals surface area contributed by atoms with Crippen molar-refractivity contribution in [1.82, 2.24) is 0 Å². The summed E-state index contributed by atoms with van der Waals surface area (Å²) in [6, 6.07) is 0. The summed E-state index contributed by atoms with van der Waals surface area (Å²) in [6.45, 7) is 9.16. The number of carbonyl (C=O) groups is 2. The SMILES string of the molecule is CCCCCCCCC(=O)OCCCCCC[N+](C)(C)CC(O)C[N+](C)(C)CCCCCCOC(=O)CCCCCCCC.[Cl-].[Cl-]. The molecule has 0 amide bonds. The molecule has 0 aliphatic carbocycles. The molecule has 0 atom stereocenters. The molecular weight excluding hydrogens is 623 g/mol. The standard InChI is InChI=1S/C37H76N2O5.2ClH/c1-7-9-11-13-15-21-27-36(41)43-31-25-19-17-23-29-38(3,4)33-35(40)34-39(5,6)30-24-18-20-26-32-44-37(42)28-22-16-14-12-10-8-2;;/h35,40H,7-34H2,1-6H3;2*1H/q+2;;/p-2. The molecule has 0 aliphatic heterocycles. The summed E-state index contributed by atoms with van der Waals surface area (Å²) in [5.41, 5.74) is 0. The first kappa shape index (κ1) is 49.8. The van der Waals surface area contributed by atoms with Crippen molar-refractivity contribution in [3.63, 3.8) is 0 Å². The Balaban J connectivity index is -0.00000924. The summed E-state index contributed by atoms with van der Waals surface area (Å²) >= 11 is 0. The fraction of sp³-hybridized carbons (Fsp3) is 0.946. The van der Waals surface area contributed by atoms with Gasteiger partial charge in [-0.05, 0) is 64.2 Å². The molecule has 0 saturated carbocycles. The first-order valence-electron chi connectivity index (χ1n) is 18.6. The van der Waals surface area contributed by atoms with Crippen LogP contribution in [0.4, 0.5) is 0 Å². The van der Waals surface area contributed by atoms with Crippen molar-refractivity contribution >= 4 is 11.9 Å². The molecule has 0 radical (unpaired) electrons. The highest BCUT2D eigenvalue weighted by molar-refractivity contribution is 5.69. The van der Waals surface area contributed by atoms with Gasteiger partial charge in [-0.1, -0.05) is 78.1 Å². The summed E-state index contributed by atoms with van der Waals surface area (Å²) in [6.07, 6.45) is 23.6. The zero-order valence-electron chi connectivity index (χ0n) is 31.1. The third-order valence-electron chi connectivity index (χ3n) is 8.72. The lowest BCUT2D eigenvalue weighted by atomic mass is 10.1. The van der Waals surface area contributed by atoms with Crippen LogP contribution in [0.25, 0.3) is 0 Å². The van der Waals surface area contributed by atoms with Crippen molar-refractivity contribution in [2.24, 2.45) is 0 Å². The van der Waals surface area contributed by atoms with Crippen LogP contribution in [0.5, 0.6) is 0 Å². The molecule has 0 aliphatic rings. The predicted molar refractivity (Wildman–Crippen MR) is 185 cm³/mol. The number of aliphatic hydroxyl groups is 1. The molecular formula is C37H76Cl2N2O5. The molecule has 278 valence electrons. The smallest absolute Gasteiger partial charge is 0.305 e. The van der Waals surface area contributed by atoms with Gasteiger partial charge in [0.05, 0.1) is 54.5 Å². The second-order valence-electron chi connectivity index (χ2n) is 14.6. The van der Waals surface area contributed by atoms with Gasteiger partial charge in [0.1, 0.15) is 13.1 Å². The highest BCUT2D eigenvalue weighted by Crippen LogP contribution is 2.13. The van der Waals surface area contributed by atoms with Gasteiger partial charge in [-0.15, -0.1) is 0 Å². The third-order valence-corrected chi connectivity index (χ3v) is 8.72. The molecule has 1 N–H and O–H groups in total. The second kappa shape index (κ2) is 32.9. The van der Waals surface area contributed by atoms with Gasteiger partial charge < -0.3 is 48.4 Å². The molecule has 0 aromatic carbocycles. The lowest BCUT2D eigenvalue weighted by Crippen LogP contribution is -3.00. The van der Waals surface area contributed by atoms with Gasteiger partial charge in [0.2, 0.25) is 0 Å². The lowest BCUT2D eigenvalue weighted by Gasteiger charge is -2.36. The van der Waals surface area contributed by atoms with Crippen molar-refractivity contribution in [3.05, 3.63) is 0 Å². The number of rotatable bonds is 32. The molecule has 9 heteroatoms. The van der Waals surface area contributed by atoms with E-state index in [0.717, 1.165) is 112 Å². The average Bonchev–Trinajstić information content (AvgIpc) is 2.94. The normalized spacial score (nSPS) is 11.7. The number of hydrogen-bond donors (Lipinski definition) is 1. The fourth-order valence-corrected chi connectivity index (χ4v) is 5.99. The number of carbonyl (C=O) groups excluding carboxylic acids is 2. The highest BCUT2D eigenvalue weighted by Gasteiger charge is 2.26. The number of aliphatic hydroxyl groups excluding tert-OH is 1. The van der Waals surface area contributed by atoms with E-state index < -0.39 is 0 Å². The third kappa shape index (κ3) is 34.7. The molecule has 0 bridgehead atoms. The minimum Gasteiger partial charge on any atom is -1.00 e. The first-order valence-corrected chi connectivity index (χ1v) is 18.6. The van der Waals surface area contributed by atoms with Crippen molar-refractivity contribution < 1.29 is 57.9 Å². The number of likely N-dealkylation sites (N-methyl/N-ethyl adjacent to an activating group) is 2. The molecule has 0 saturated heterocycles. The van der Waals surface area contributed by atoms with E-state index in [1.54, 1.807) is 0 Å². The monoisotopic (exact) mass is 699 g/mol. The molecule has 7 nitrogen and oxygen atoms in total. The van der Waals surface area contributed by atoms with Crippen LogP contribution in [-0.4, -0.2) is 99.7 Å². The summed E-state index contributed by atoms with van der Waals surface area (Å²) in [5, 5.41) is 10.9. The molecule has 0 fully saturated rings. The number of hydrogen-bond acceptors (Lipinski definition) is 5. The Morgan fingerprint density at radius 2 is 0.804 bits per heavy atom. The van der Waals surface area contributed by atoms with E-state index in [-0.39, 0.29) is 42.9 Å². The van der Waals surface area contributed by atoms with E-state index in [0.29, 0.717) is 26.1 Å². The fourth-order valence-electron chi connectivity index (χ4n) is 5.99. The first-order chi connectivity index (χ1) is 21.0. The molecule has 0 unspecified atom stereocenters. The Hall–Kier alpha value is -0.600. The second-order valence-corrected chi connectivity index (χ2v) is 14.6. The van der Waals surface area contributed by atoms with Gasteiger partial charge >= 0.3 is 11.9 Å². The van der Waals surface area contributed by atoms with Crippen LogP contribution >= 0.6 is 0 Å². The van der Waals surface area contributed by atoms with Gasteiger partial charge in [0, 0.05) is 12.8 Å². The van der Waals surface area contributed by atoms with Crippen LogP contribution in [0.1, 0.15) is 155 Å². The van der Waals surface area contributed by atoms with Gasteiger partial charge in [-0.25, -0.2) is 0 Å². The summed E-state index contributed by atoms with van der Waals surface area (Å²) < 4.78 is 12.5. The highest BCUT2D eigenvalue weighted by atomic mass is 35.5. The van der Waals surface area contributed by atoms with Crippen molar-refractivity contribution in [2.75, 3.05) is 67.6 Å². The Kier molecular flexibility index (Phi) is 35.6. The van der Waals surface area contributed by atoms with E-state index in [4.69, 9.17) is 9.47 Å². The Morgan fingerprint density at radius 3 is 1.17 bits per heavy atom. The molecule has 0 aromatic rings. The minimum absolute atomic E-state index is 0. The van der Waals surface area contributed by atoms with E-state index in [1.807, 2.05) is 0 Å². The zero-order chi connectivity index (χ0) is 32.9. The Morgan fingerprint density at radius 1 is 0.500 bits per heavy atom. The number of halogens is 2.